The van der Waals surface area contributed by atoms with Crippen molar-refractivity contribution in [2.75, 3.05) is 0 Å². The van der Waals surface area contributed by atoms with Crippen LogP contribution in [0.4, 0.5) is 0 Å². The Morgan fingerprint density at radius 2 is 1.29 bits per heavy atom. The fourth-order valence-corrected chi connectivity index (χ4v) is 9.94. The Kier molecular flexibility index (Phi) is 8.18. The third kappa shape index (κ3) is 5.80. The zero-order valence-electron chi connectivity index (χ0n) is 23.6. The molecule has 0 amide bonds. The van der Waals surface area contributed by atoms with E-state index in [-0.39, 0.29) is 22.5 Å². The van der Waals surface area contributed by atoms with E-state index in [0.29, 0.717) is 28.9 Å². The average molecular weight is 597 g/mol. The van der Waals surface area contributed by atoms with Gasteiger partial charge in [0, 0.05) is 5.56 Å². The molecule has 0 bridgehead atoms. The second-order valence-corrected chi connectivity index (χ2v) is 15.1. The molecule has 0 unspecified atom stereocenters. The quantitative estimate of drug-likeness (QED) is 0.175. The highest BCUT2D eigenvalue weighted by Crippen LogP contribution is 2.47. The molecule has 6 nitrogen and oxygen atoms in total. The van der Waals surface area contributed by atoms with Gasteiger partial charge in [0.2, 0.25) is 0 Å². The lowest BCUT2D eigenvalue weighted by atomic mass is 9.78. The Morgan fingerprint density at radius 1 is 0.683 bits per heavy atom. The lowest BCUT2D eigenvalue weighted by Gasteiger charge is -2.30. The van der Waals surface area contributed by atoms with Gasteiger partial charge in [0.05, 0.1) is 4.90 Å². The highest BCUT2D eigenvalue weighted by atomic mass is 32.2. The van der Waals surface area contributed by atoms with E-state index in [1.165, 1.54) is 25.0 Å². The van der Waals surface area contributed by atoms with E-state index in [4.69, 9.17) is 4.18 Å². The number of fused-ring (bicyclic) bond motifs is 2. The first-order valence-corrected chi connectivity index (χ1v) is 18.2. The van der Waals surface area contributed by atoms with Gasteiger partial charge in [-0.2, -0.15) is 16.8 Å². The normalized spacial score (nSPS) is 19.5. The second kappa shape index (κ2) is 11.7. The van der Waals surface area contributed by atoms with Gasteiger partial charge in [-0.1, -0.05) is 69.2 Å². The maximum absolute atomic E-state index is 14.6. The first-order chi connectivity index (χ1) is 19.7. The van der Waals surface area contributed by atoms with E-state index >= 15 is 0 Å². The summed E-state index contributed by atoms with van der Waals surface area (Å²) in [5, 5.41) is 2.07. The molecule has 8 heteroatoms. The molecule has 3 aliphatic rings. The molecule has 3 aliphatic carbocycles. The van der Waals surface area contributed by atoms with Gasteiger partial charge < -0.3 is 4.18 Å². The van der Waals surface area contributed by atoms with Crippen LogP contribution in [0.1, 0.15) is 118 Å². The lowest BCUT2D eigenvalue weighted by Crippen LogP contribution is -2.21. The highest BCUT2D eigenvalue weighted by Gasteiger charge is 2.35. The Morgan fingerprint density at radius 3 is 1.98 bits per heavy atom. The summed E-state index contributed by atoms with van der Waals surface area (Å²) in [5.74, 6) is 0.485. The standard InChI is InChI=1S/C33H40O6S2/c34-40(35,36)31-21-20-30(27-18-8-3-9-19-28(27)31)39-41(37,38)33-29(23-12-4-1-5-13-23)22-25-16-10-11-17-26(25)32(33)24-14-6-2-7-15-24/h10-11,16-17,20-24H,1-9,12-15,18-19H2,(H,34,35,36). The smallest absolute Gasteiger partial charge is 0.339 e. The van der Waals surface area contributed by atoms with E-state index in [1.807, 2.05) is 12.1 Å². The first-order valence-electron chi connectivity index (χ1n) is 15.4. The summed E-state index contributed by atoms with van der Waals surface area (Å²) in [6, 6.07) is 13.0. The Hall–Kier alpha value is -2.42. The van der Waals surface area contributed by atoms with Crippen LogP contribution in [0.3, 0.4) is 0 Å². The Bertz CT molecular complexity index is 1650. The topological polar surface area (TPSA) is 97.7 Å². The van der Waals surface area contributed by atoms with E-state index in [9.17, 15) is 21.4 Å². The van der Waals surface area contributed by atoms with Crippen molar-refractivity contribution in [3.8, 4) is 5.75 Å². The zero-order chi connectivity index (χ0) is 28.6. The van der Waals surface area contributed by atoms with Crippen LogP contribution in [0.25, 0.3) is 10.8 Å². The fourth-order valence-electron chi connectivity index (χ4n) is 7.63. The number of hydrogen-bond acceptors (Lipinski definition) is 5. The summed E-state index contributed by atoms with van der Waals surface area (Å²) in [7, 11) is -8.72. The van der Waals surface area contributed by atoms with Gasteiger partial charge in [-0.15, -0.1) is 0 Å². The molecular weight excluding hydrogens is 556 g/mol. The van der Waals surface area contributed by atoms with Crippen LogP contribution in [0.5, 0.6) is 5.75 Å². The third-order valence-electron chi connectivity index (χ3n) is 9.55. The number of hydrogen-bond donors (Lipinski definition) is 1. The van der Waals surface area contributed by atoms with Crippen molar-refractivity contribution in [1.82, 2.24) is 0 Å². The summed E-state index contributed by atoms with van der Waals surface area (Å²) in [6.07, 6.45) is 13.9. The lowest BCUT2D eigenvalue weighted by molar-refractivity contribution is 0.421. The molecule has 0 atom stereocenters. The van der Waals surface area contributed by atoms with Crippen molar-refractivity contribution in [2.24, 2.45) is 0 Å². The molecule has 220 valence electrons. The van der Waals surface area contributed by atoms with E-state index < -0.39 is 20.2 Å². The molecule has 1 N–H and O–H groups in total. The molecule has 0 aliphatic heterocycles. The van der Waals surface area contributed by atoms with Crippen LogP contribution in [-0.4, -0.2) is 21.4 Å². The molecule has 41 heavy (non-hydrogen) atoms. The van der Waals surface area contributed by atoms with Gasteiger partial charge in [-0.05, 0) is 109 Å². The van der Waals surface area contributed by atoms with Crippen molar-refractivity contribution >= 4 is 31.0 Å². The van der Waals surface area contributed by atoms with E-state index in [0.717, 1.165) is 92.5 Å². The molecule has 3 aromatic rings. The second-order valence-electron chi connectivity index (χ2n) is 12.2. The molecule has 0 aromatic heterocycles. The first kappa shape index (κ1) is 28.7. The summed E-state index contributed by atoms with van der Waals surface area (Å²) < 4.78 is 69.7. The SMILES string of the molecule is O=S(=O)(O)c1ccc(OS(=O)(=O)c2c(C3CCCCC3)cc3ccccc3c2C2CCCCC2)c2c1CCCCC2. The van der Waals surface area contributed by atoms with Crippen molar-refractivity contribution in [2.45, 2.75) is 118 Å². The van der Waals surface area contributed by atoms with Crippen molar-refractivity contribution < 1.29 is 25.6 Å². The molecule has 0 radical (unpaired) electrons. The zero-order valence-corrected chi connectivity index (χ0v) is 25.2. The minimum atomic E-state index is -4.44. The predicted molar refractivity (Wildman–Crippen MR) is 161 cm³/mol. The van der Waals surface area contributed by atoms with Gasteiger partial charge in [0.1, 0.15) is 10.6 Å². The predicted octanol–water partition coefficient (Wildman–Crippen LogP) is 8.22. The van der Waals surface area contributed by atoms with Crippen molar-refractivity contribution in [1.29, 1.82) is 0 Å². The molecule has 0 heterocycles. The van der Waals surface area contributed by atoms with Crippen molar-refractivity contribution in [3.05, 3.63) is 64.7 Å². The fraction of sp³-hybridized carbons (Fsp3) is 0.515. The number of benzene rings is 3. The van der Waals surface area contributed by atoms with Crippen LogP contribution in [0, 0.1) is 0 Å². The molecule has 6 rings (SSSR count). The summed E-state index contributed by atoms with van der Waals surface area (Å²) >= 11 is 0. The van der Waals surface area contributed by atoms with Crippen molar-refractivity contribution in [3.63, 3.8) is 0 Å². The molecule has 3 aromatic carbocycles. The summed E-state index contributed by atoms with van der Waals surface area (Å²) in [5.41, 5.74) is 2.85. The molecule has 0 spiro atoms. The summed E-state index contributed by atoms with van der Waals surface area (Å²) in [4.78, 5) is 0.201. The molecule has 2 saturated carbocycles. The number of rotatable bonds is 6. The third-order valence-corrected chi connectivity index (χ3v) is 11.8. The molecule has 2 fully saturated rings. The van der Waals surface area contributed by atoms with Crippen LogP contribution >= 0.6 is 0 Å². The van der Waals surface area contributed by atoms with Gasteiger partial charge >= 0.3 is 10.1 Å². The van der Waals surface area contributed by atoms with Crippen LogP contribution in [-0.2, 0) is 33.1 Å². The Labute approximate surface area is 244 Å². The van der Waals surface area contributed by atoms with E-state index in [1.54, 1.807) is 0 Å². The van der Waals surface area contributed by atoms with Gasteiger partial charge in [-0.3, -0.25) is 4.55 Å². The minimum Gasteiger partial charge on any atom is -0.379 e. The van der Waals surface area contributed by atoms with Crippen LogP contribution < -0.4 is 4.18 Å². The molecule has 0 saturated heterocycles. The van der Waals surface area contributed by atoms with Gasteiger partial charge in [-0.25, -0.2) is 0 Å². The summed E-state index contributed by atoms with van der Waals surface area (Å²) in [6.45, 7) is 0. The maximum Gasteiger partial charge on any atom is 0.339 e. The maximum atomic E-state index is 14.6. The Balaban J connectivity index is 1.56. The highest BCUT2D eigenvalue weighted by molar-refractivity contribution is 7.87. The van der Waals surface area contributed by atoms with Gasteiger partial charge in [0.25, 0.3) is 10.1 Å². The average Bonchev–Trinajstić information content (AvgIpc) is 3.23. The largest absolute Gasteiger partial charge is 0.379 e. The van der Waals surface area contributed by atoms with Crippen LogP contribution in [0.2, 0.25) is 0 Å². The van der Waals surface area contributed by atoms with Gasteiger partial charge in [0.15, 0.2) is 0 Å². The monoisotopic (exact) mass is 596 g/mol. The minimum absolute atomic E-state index is 0.143. The van der Waals surface area contributed by atoms with E-state index in [2.05, 4.69) is 18.2 Å². The van der Waals surface area contributed by atoms with Crippen LogP contribution in [0.15, 0.2) is 52.3 Å². The molecular formula is C33H40O6S2.